The molecule has 0 bridgehead atoms. The Morgan fingerprint density at radius 2 is 1.68 bits per heavy atom. The first-order valence-electron chi connectivity index (χ1n) is 10.2. The molecule has 0 saturated heterocycles. The van der Waals surface area contributed by atoms with Crippen LogP contribution in [0.15, 0.2) is 48.8 Å². The van der Waals surface area contributed by atoms with Gasteiger partial charge in [-0.05, 0) is 58.6 Å². The monoisotopic (exact) mass is 372 g/mol. The smallest absolute Gasteiger partial charge is 0.0518 e. The van der Waals surface area contributed by atoms with Crippen LogP contribution in [-0.2, 0) is 24.3 Å². The molecule has 0 radical (unpaired) electrons. The first-order valence-corrected chi connectivity index (χ1v) is 10.2. The second kappa shape index (κ2) is 6.27. The van der Waals surface area contributed by atoms with Crippen LogP contribution in [0.25, 0.3) is 21.8 Å². The molecule has 2 aromatic heterocycles. The highest BCUT2D eigenvalue weighted by atomic mass is 14.9. The van der Waals surface area contributed by atoms with E-state index < -0.39 is 0 Å². The van der Waals surface area contributed by atoms with Crippen LogP contribution in [0.3, 0.4) is 0 Å². The van der Waals surface area contributed by atoms with Crippen molar-refractivity contribution in [1.29, 1.82) is 0 Å². The van der Waals surface area contributed by atoms with Gasteiger partial charge in [0.1, 0.15) is 0 Å². The normalized spacial score (nSPS) is 13.0. The zero-order valence-corrected chi connectivity index (χ0v) is 18.3. The van der Waals surface area contributed by atoms with Gasteiger partial charge in [-0.15, -0.1) is 0 Å². The molecule has 0 spiro atoms. The third kappa shape index (κ3) is 2.96. The van der Waals surface area contributed by atoms with E-state index in [1.807, 2.05) is 0 Å². The van der Waals surface area contributed by atoms with Crippen molar-refractivity contribution in [3.05, 3.63) is 71.0 Å². The summed E-state index contributed by atoms with van der Waals surface area (Å²) in [6, 6.07) is 13.5. The third-order valence-electron chi connectivity index (χ3n) is 6.14. The van der Waals surface area contributed by atoms with Crippen LogP contribution in [0.4, 0.5) is 0 Å². The maximum atomic E-state index is 3.38. The van der Waals surface area contributed by atoms with Crippen molar-refractivity contribution in [2.24, 2.45) is 7.05 Å². The number of rotatable bonds is 3. The molecule has 2 heteroatoms. The van der Waals surface area contributed by atoms with Gasteiger partial charge in [-0.2, -0.15) is 0 Å². The van der Waals surface area contributed by atoms with E-state index in [1.54, 1.807) is 0 Å². The molecule has 146 valence electrons. The van der Waals surface area contributed by atoms with Crippen LogP contribution in [0.1, 0.15) is 56.9 Å². The summed E-state index contributed by atoms with van der Waals surface area (Å²) >= 11 is 0. The number of benzene rings is 2. The molecule has 4 rings (SSSR count). The van der Waals surface area contributed by atoms with Gasteiger partial charge in [-0.3, -0.25) is 0 Å². The molecule has 2 heterocycles. The lowest BCUT2D eigenvalue weighted by molar-refractivity contribution is 0.525. The number of hydrogen-bond donors (Lipinski definition) is 1. The fraction of sp³-hybridized carbons (Fsp3) is 0.385. The maximum Gasteiger partial charge on any atom is 0.0518 e. The number of para-hydroxylation sites is 1. The number of aromatic amines is 1. The molecular weight excluding hydrogens is 340 g/mol. The van der Waals surface area contributed by atoms with Gasteiger partial charge in [0.15, 0.2) is 0 Å². The van der Waals surface area contributed by atoms with Gasteiger partial charge in [-0.1, -0.05) is 58.9 Å². The third-order valence-corrected chi connectivity index (χ3v) is 6.14. The van der Waals surface area contributed by atoms with Crippen molar-refractivity contribution in [2.75, 3.05) is 0 Å². The van der Waals surface area contributed by atoms with E-state index in [-0.39, 0.29) is 10.8 Å². The van der Waals surface area contributed by atoms with E-state index in [1.165, 1.54) is 44.1 Å². The Kier molecular flexibility index (Phi) is 4.22. The number of hydrogen-bond acceptors (Lipinski definition) is 0. The van der Waals surface area contributed by atoms with Crippen molar-refractivity contribution in [3.8, 4) is 0 Å². The van der Waals surface area contributed by atoms with E-state index >= 15 is 0 Å². The van der Waals surface area contributed by atoms with Crippen molar-refractivity contribution in [2.45, 2.75) is 58.8 Å². The van der Waals surface area contributed by atoms with Gasteiger partial charge < -0.3 is 9.55 Å². The van der Waals surface area contributed by atoms with Crippen LogP contribution in [0.5, 0.6) is 0 Å². The molecule has 2 aromatic carbocycles. The Morgan fingerprint density at radius 3 is 2.39 bits per heavy atom. The highest BCUT2D eigenvalue weighted by Crippen LogP contribution is 2.39. The van der Waals surface area contributed by atoms with E-state index in [0.29, 0.717) is 0 Å². The lowest BCUT2D eigenvalue weighted by atomic mass is 9.75. The number of nitrogens with zero attached hydrogens (tertiary/aromatic N) is 1. The fourth-order valence-corrected chi connectivity index (χ4v) is 5.00. The Bertz CT molecular complexity index is 1160. The molecule has 1 N–H and O–H groups in total. The fourth-order valence-electron chi connectivity index (χ4n) is 5.00. The van der Waals surface area contributed by atoms with Gasteiger partial charge in [0.2, 0.25) is 0 Å². The first kappa shape index (κ1) is 18.9. The molecule has 0 aliphatic rings. The van der Waals surface area contributed by atoms with E-state index in [4.69, 9.17) is 0 Å². The predicted octanol–water partition coefficient (Wildman–Crippen LogP) is 6.79. The molecule has 0 aliphatic heterocycles. The van der Waals surface area contributed by atoms with Crippen molar-refractivity contribution in [3.63, 3.8) is 0 Å². The Hall–Kier alpha value is -2.48. The molecule has 0 aliphatic carbocycles. The highest BCUT2D eigenvalue weighted by molar-refractivity contribution is 5.89. The summed E-state index contributed by atoms with van der Waals surface area (Å²) in [5.74, 6) is 0. The molecule has 0 atom stereocenters. The minimum Gasteiger partial charge on any atom is -0.361 e. The summed E-state index contributed by atoms with van der Waals surface area (Å²) in [6.45, 7) is 13.9. The molecule has 28 heavy (non-hydrogen) atoms. The molecule has 0 fully saturated rings. The molecule has 4 aromatic rings. The van der Waals surface area contributed by atoms with Gasteiger partial charge in [0, 0.05) is 35.7 Å². The summed E-state index contributed by atoms with van der Waals surface area (Å²) in [5.41, 5.74) is 8.44. The summed E-state index contributed by atoms with van der Waals surface area (Å²) in [7, 11) is 2.19. The van der Waals surface area contributed by atoms with E-state index in [0.717, 1.165) is 6.42 Å². The lowest BCUT2D eigenvalue weighted by Crippen LogP contribution is -2.22. The average Bonchev–Trinajstić information content (AvgIpc) is 3.18. The SMILES string of the molecule is Cc1ccc2[nH]ccc2c1C(C)(C)Cc1cn(C)c2c(C(C)(C)C)cccc12. The second-order valence-electron chi connectivity index (χ2n) is 9.97. The van der Waals surface area contributed by atoms with E-state index in [9.17, 15) is 0 Å². The van der Waals surface area contributed by atoms with E-state index in [2.05, 4.69) is 107 Å². The van der Waals surface area contributed by atoms with Crippen LogP contribution in [-0.4, -0.2) is 9.55 Å². The highest BCUT2D eigenvalue weighted by Gasteiger charge is 2.28. The van der Waals surface area contributed by atoms with Gasteiger partial charge in [0.25, 0.3) is 0 Å². The van der Waals surface area contributed by atoms with Crippen LogP contribution in [0.2, 0.25) is 0 Å². The largest absolute Gasteiger partial charge is 0.361 e. The number of fused-ring (bicyclic) bond motifs is 2. The first-order chi connectivity index (χ1) is 13.1. The lowest BCUT2D eigenvalue weighted by Gasteiger charge is -2.28. The topological polar surface area (TPSA) is 20.7 Å². The summed E-state index contributed by atoms with van der Waals surface area (Å²) in [5, 5.41) is 2.74. The predicted molar refractivity (Wildman–Crippen MR) is 121 cm³/mol. The summed E-state index contributed by atoms with van der Waals surface area (Å²) in [6.07, 6.45) is 5.41. The number of aryl methyl sites for hydroxylation is 2. The summed E-state index contributed by atoms with van der Waals surface area (Å²) < 4.78 is 2.32. The van der Waals surface area contributed by atoms with Gasteiger partial charge >= 0.3 is 0 Å². The summed E-state index contributed by atoms with van der Waals surface area (Å²) in [4.78, 5) is 3.38. The second-order valence-corrected chi connectivity index (χ2v) is 9.97. The Morgan fingerprint density at radius 1 is 0.929 bits per heavy atom. The van der Waals surface area contributed by atoms with Crippen LogP contribution >= 0.6 is 0 Å². The molecule has 0 unspecified atom stereocenters. The number of H-pyrrole nitrogens is 1. The number of aromatic nitrogens is 2. The van der Waals surface area contributed by atoms with Crippen molar-refractivity contribution in [1.82, 2.24) is 9.55 Å². The van der Waals surface area contributed by atoms with Crippen LogP contribution < -0.4 is 0 Å². The zero-order valence-electron chi connectivity index (χ0n) is 18.3. The van der Waals surface area contributed by atoms with Crippen LogP contribution in [0, 0.1) is 6.92 Å². The Balaban J connectivity index is 1.86. The van der Waals surface area contributed by atoms with Gasteiger partial charge in [0.05, 0.1) is 5.52 Å². The molecule has 0 amide bonds. The van der Waals surface area contributed by atoms with Gasteiger partial charge in [-0.25, -0.2) is 0 Å². The standard InChI is InChI=1S/C26H32N2/c1-17-11-12-22-20(13-14-27-22)23(17)26(5,6)15-18-16-28(7)24-19(18)9-8-10-21(24)25(2,3)4/h8-14,16,27H,15H2,1-7H3. The maximum absolute atomic E-state index is 3.38. The number of nitrogens with one attached hydrogen (secondary N) is 1. The average molecular weight is 373 g/mol. The zero-order chi connectivity index (χ0) is 20.3. The Labute approximate surface area is 168 Å². The molecule has 0 saturated carbocycles. The molecular formula is C26H32N2. The minimum absolute atomic E-state index is 0.0395. The van der Waals surface area contributed by atoms with Crippen molar-refractivity contribution < 1.29 is 0 Å². The minimum atomic E-state index is 0.0395. The van der Waals surface area contributed by atoms with Crippen molar-refractivity contribution >= 4 is 21.8 Å². The molecule has 2 nitrogen and oxygen atoms in total. The quantitative estimate of drug-likeness (QED) is 0.409.